The molecular weight excluding hydrogens is 358 g/mol. The molecule has 2 heterocycles. The van der Waals surface area contributed by atoms with Crippen molar-refractivity contribution in [3.05, 3.63) is 34.4 Å². The Labute approximate surface area is 150 Å². The highest BCUT2D eigenvalue weighted by molar-refractivity contribution is 7.95. The highest BCUT2D eigenvalue weighted by Crippen LogP contribution is 2.39. The first-order valence-electron chi connectivity index (χ1n) is 7.85. The molecule has 0 amide bonds. The van der Waals surface area contributed by atoms with Crippen molar-refractivity contribution in [2.24, 2.45) is 5.16 Å². The molecule has 136 valence electrons. The van der Waals surface area contributed by atoms with Crippen LogP contribution < -0.4 is 0 Å². The molecule has 1 aliphatic heterocycles. The Bertz CT molecular complexity index is 1080. The first kappa shape index (κ1) is 17.9. The lowest BCUT2D eigenvalue weighted by Gasteiger charge is -2.22. The molecule has 0 saturated carbocycles. The van der Waals surface area contributed by atoms with E-state index in [4.69, 9.17) is 4.84 Å². The summed E-state index contributed by atoms with van der Waals surface area (Å²) in [5.41, 5.74) is 2.39. The molecule has 8 nitrogen and oxygen atoms in total. The van der Waals surface area contributed by atoms with Crippen molar-refractivity contribution in [3.8, 4) is 17.0 Å². The fourth-order valence-corrected chi connectivity index (χ4v) is 4.60. The standard InChI is InChI=1S/C17H17N3O5S/c1-4-20-17(22)13(8-18-20)12-5-6-15-16(10(12)2)14(19-25-3)7-11(9-21)26(15,23)24/h5-6,8,22H,4,7H2,1-3H3. The Kier molecular flexibility index (Phi) is 4.43. The summed E-state index contributed by atoms with van der Waals surface area (Å²) in [5.74, 6) is 1.49. The molecule has 2 aromatic rings. The summed E-state index contributed by atoms with van der Waals surface area (Å²) in [5, 5.41) is 18.3. The van der Waals surface area contributed by atoms with Crippen molar-refractivity contribution in [2.75, 3.05) is 7.11 Å². The number of aromatic nitrogens is 2. The van der Waals surface area contributed by atoms with Gasteiger partial charge in [0.05, 0.1) is 22.4 Å². The fraction of sp³-hybridized carbons (Fsp3) is 0.294. The van der Waals surface area contributed by atoms with Gasteiger partial charge < -0.3 is 9.94 Å². The van der Waals surface area contributed by atoms with Crippen LogP contribution >= 0.6 is 0 Å². The van der Waals surface area contributed by atoms with Gasteiger partial charge in [-0.15, -0.1) is 0 Å². The van der Waals surface area contributed by atoms with Crippen LogP contribution in [0.4, 0.5) is 0 Å². The molecule has 1 aromatic carbocycles. The summed E-state index contributed by atoms with van der Waals surface area (Å²) < 4.78 is 26.7. The minimum atomic E-state index is -3.94. The molecule has 1 aliphatic rings. The van der Waals surface area contributed by atoms with Crippen LogP contribution in [-0.4, -0.2) is 42.1 Å². The Morgan fingerprint density at radius 1 is 1.38 bits per heavy atom. The molecule has 9 heteroatoms. The molecule has 0 saturated heterocycles. The topological polar surface area (TPSA) is 111 Å². The molecule has 0 bridgehead atoms. The molecule has 1 N–H and O–H groups in total. The monoisotopic (exact) mass is 375 g/mol. The van der Waals surface area contributed by atoms with E-state index in [1.54, 1.807) is 13.0 Å². The lowest BCUT2D eigenvalue weighted by molar-refractivity contribution is 0.213. The number of allylic oxidation sites excluding steroid dienone is 1. The maximum absolute atomic E-state index is 12.6. The van der Waals surface area contributed by atoms with Gasteiger partial charge in [0, 0.05) is 18.5 Å². The summed E-state index contributed by atoms with van der Waals surface area (Å²) >= 11 is 0. The van der Waals surface area contributed by atoms with E-state index >= 15 is 0 Å². The molecule has 0 radical (unpaired) electrons. The molecule has 0 unspecified atom stereocenters. The smallest absolute Gasteiger partial charge is 0.217 e. The first-order chi connectivity index (χ1) is 12.4. The molecule has 0 spiro atoms. The number of nitrogens with zero attached hydrogens (tertiary/aromatic N) is 3. The van der Waals surface area contributed by atoms with Crippen molar-refractivity contribution in [2.45, 2.75) is 31.7 Å². The summed E-state index contributed by atoms with van der Waals surface area (Å²) in [6.45, 7) is 4.07. The number of aromatic hydroxyl groups is 1. The van der Waals surface area contributed by atoms with Gasteiger partial charge in [0.1, 0.15) is 18.0 Å². The van der Waals surface area contributed by atoms with Crippen LogP contribution in [0.2, 0.25) is 0 Å². The van der Waals surface area contributed by atoms with Gasteiger partial charge in [-0.3, -0.25) is 0 Å². The Morgan fingerprint density at radius 3 is 2.69 bits per heavy atom. The lowest BCUT2D eigenvalue weighted by Crippen LogP contribution is -2.22. The zero-order valence-electron chi connectivity index (χ0n) is 14.5. The maximum atomic E-state index is 12.6. The third-order valence-corrected chi connectivity index (χ3v) is 6.17. The molecule has 3 rings (SSSR count). The minimum Gasteiger partial charge on any atom is -0.493 e. The zero-order valence-corrected chi connectivity index (χ0v) is 15.3. The quantitative estimate of drug-likeness (QED) is 0.647. The summed E-state index contributed by atoms with van der Waals surface area (Å²) in [4.78, 5) is 15.5. The van der Waals surface area contributed by atoms with Gasteiger partial charge in [0.15, 0.2) is 0 Å². The Morgan fingerprint density at radius 2 is 2.12 bits per heavy atom. The van der Waals surface area contributed by atoms with E-state index in [2.05, 4.69) is 10.3 Å². The van der Waals surface area contributed by atoms with Crippen molar-refractivity contribution < 1.29 is 23.2 Å². The van der Waals surface area contributed by atoms with Crippen LogP contribution in [0.1, 0.15) is 24.5 Å². The van der Waals surface area contributed by atoms with Crippen LogP contribution in [-0.2, 0) is 26.0 Å². The van der Waals surface area contributed by atoms with E-state index in [-0.39, 0.29) is 22.1 Å². The lowest BCUT2D eigenvalue weighted by atomic mass is 9.94. The van der Waals surface area contributed by atoms with Crippen molar-refractivity contribution in [3.63, 3.8) is 0 Å². The molecular formula is C17H17N3O5S. The zero-order chi connectivity index (χ0) is 19.1. The minimum absolute atomic E-state index is 0.00655. The number of hydrogen-bond donors (Lipinski definition) is 1. The number of oxime groups is 1. The number of hydrogen-bond acceptors (Lipinski definition) is 7. The molecule has 26 heavy (non-hydrogen) atoms. The third-order valence-electron chi connectivity index (χ3n) is 4.37. The average Bonchev–Trinajstić information content (AvgIpc) is 2.98. The second-order valence-electron chi connectivity index (χ2n) is 5.73. The number of benzene rings is 1. The van der Waals surface area contributed by atoms with Gasteiger partial charge in [-0.2, -0.15) is 5.10 Å². The highest BCUT2D eigenvalue weighted by Gasteiger charge is 2.36. The van der Waals surface area contributed by atoms with Gasteiger partial charge >= 0.3 is 0 Å². The summed E-state index contributed by atoms with van der Waals surface area (Å²) in [7, 11) is -2.60. The Hall–Kier alpha value is -2.90. The number of carbonyl (C=O) groups excluding carboxylic acids is 1. The van der Waals surface area contributed by atoms with Gasteiger partial charge in [-0.1, -0.05) is 11.2 Å². The van der Waals surface area contributed by atoms with Crippen molar-refractivity contribution >= 4 is 21.5 Å². The largest absolute Gasteiger partial charge is 0.493 e. The second kappa shape index (κ2) is 6.44. The first-order valence-corrected chi connectivity index (χ1v) is 9.33. The number of fused-ring (bicyclic) bond motifs is 1. The third kappa shape index (κ3) is 2.53. The predicted molar refractivity (Wildman–Crippen MR) is 94.3 cm³/mol. The average molecular weight is 375 g/mol. The van der Waals surface area contributed by atoms with E-state index in [1.807, 2.05) is 6.92 Å². The van der Waals surface area contributed by atoms with E-state index in [0.29, 0.717) is 34.5 Å². The fourth-order valence-electron chi connectivity index (χ4n) is 3.11. The summed E-state index contributed by atoms with van der Waals surface area (Å²) in [6, 6.07) is 2.98. The van der Waals surface area contributed by atoms with E-state index in [1.165, 1.54) is 30.0 Å². The van der Waals surface area contributed by atoms with Crippen molar-refractivity contribution in [1.29, 1.82) is 0 Å². The van der Waals surface area contributed by atoms with E-state index in [0.717, 1.165) is 0 Å². The molecule has 0 aliphatic carbocycles. The maximum Gasteiger partial charge on any atom is 0.217 e. The normalized spacial score (nSPS) is 17.0. The van der Waals surface area contributed by atoms with Crippen LogP contribution in [0.15, 0.2) is 33.3 Å². The van der Waals surface area contributed by atoms with Gasteiger partial charge in [-0.05, 0) is 31.0 Å². The number of sulfone groups is 1. The number of rotatable bonds is 3. The van der Waals surface area contributed by atoms with Crippen LogP contribution in [0, 0.1) is 6.92 Å². The van der Waals surface area contributed by atoms with Gasteiger partial charge in [0.25, 0.3) is 0 Å². The van der Waals surface area contributed by atoms with Crippen LogP contribution in [0.25, 0.3) is 11.1 Å². The summed E-state index contributed by atoms with van der Waals surface area (Å²) in [6.07, 6.45) is 1.33. The van der Waals surface area contributed by atoms with E-state index in [9.17, 15) is 18.3 Å². The van der Waals surface area contributed by atoms with E-state index < -0.39 is 9.84 Å². The second-order valence-corrected chi connectivity index (χ2v) is 7.67. The Balaban J connectivity index is 2.34. The number of aryl methyl sites for hydroxylation is 1. The van der Waals surface area contributed by atoms with Crippen LogP contribution in [0.5, 0.6) is 5.88 Å². The van der Waals surface area contributed by atoms with Crippen LogP contribution in [0.3, 0.4) is 0 Å². The highest BCUT2D eigenvalue weighted by atomic mass is 32.2. The molecule has 0 atom stereocenters. The van der Waals surface area contributed by atoms with Gasteiger partial charge in [0.2, 0.25) is 15.7 Å². The SMILES string of the molecule is CCn1ncc(-c2ccc3c(c2C)C(=NOC)CC(=C=O)S3(=O)=O)c1O. The predicted octanol–water partition coefficient (Wildman–Crippen LogP) is 1.83. The van der Waals surface area contributed by atoms with Gasteiger partial charge in [-0.25, -0.2) is 17.9 Å². The van der Waals surface area contributed by atoms with Crippen molar-refractivity contribution in [1.82, 2.24) is 9.78 Å². The molecule has 0 fully saturated rings. The molecule has 1 aromatic heterocycles.